The van der Waals surface area contributed by atoms with Crippen LogP contribution in [0, 0.1) is 0 Å². The first-order valence-corrected chi connectivity index (χ1v) is 8.30. The van der Waals surface area contributed by atoms with E-state index in [1.165, 1.54) is 0 Å². The first kappa shape index (κ1) is 19.6. The number of ether oxygens (including phenoxy) is 3. The predicted molar refractivity (Wildman–Crippen MR) is 101 cm³/mol. The smallest absolute Gasteiger partial charge is 0.251 e. The predicted octanol–water partition coefficient (Wildman–Crippen LogP) is 2.75. The van der Waals surface area contributed by atoms with E-state index in [9.17, 15) is 4.79 Å². The summed E-state index contributed by atoms with van der Waals surface area (Å²) in [5.41, 5.74) is 1.62. The first-order chi connectivity index (χ1) is 12.5. The van der Waals surface area contributed by atoms with Crippen molar-refractivity contribution in [2.45, 2.75) is 6.04 Å². The third-order valence-corrected chi connectivity index (χ3v) is 4.23. The van der Waals surface area contributed by atoms with Crippen LogP contribution in [-0.4, -0.2) is 52.8 Å². The van der Waals surface area contributed by atoms with Crippen LogP contribution in [0.25, 0.3) is 0 Å². The number of methoxy groups -OCH3 is 3. The molecule has 0 aromatic heterocycles. The number of carbonyl (C=O) groups excluding carboxylic acids is 1. The Labute approximate surface area is 154 Å². The van der Waals surface area contributed by atoms with Crippen molar-refractivity contribution in [3.63, 3.8) is 0 Å². The number of rotatable bonds is 8. The van der Waals surface area contributed by atoms with Crippen LogP contribution in [0.5, 0.6) is 17.2 Å². The molecule has 0 saturated heterocycles. The van der Waals surface area contributed by atoms with Crippen LogP contribution in [0.2, 0.25) is 0 Å². The second kappa shape index (κ2) is 9.10. The number of carbonyl (C=O) groups is 1. The number of hydrogen-bond donors (Lipinski definition) is 1. The molecular weight excluding hydrogens is 332 g/mol. The van der Waals surface area contributed by atoms with Gasteiger partial charge in [0.05, 0.1) is 27.4 Å². The topological polar surface area (TPSA) is 60.0 Å². The maximum absolute atomic E-state index is 12.5. The Morgan fingerprint density at radius 1 is 0.962 bits per heavy atom. The molecule has 0 heterocycles. The third kappa shape index (κ3) is 4.67. The third-order valence-electron chi connectivity index (χ3n) is 4.23. The number of benzene rings is 2. The fourth-order valence-corrected chi connectivity index (χ4v) is 2.69. The zero-order valence-corrected chi connectivity index (χ0v) is 15.9. The molecule has 0 aliphatic rings. The normalized spacial score (nSPS) is 11.8. The maximum Gasteiger partial charge on any atom is 0.251 e. The SMILES string of the molecule is COc1ccc([C@H](CNC(=O)c2ccc(OC)c(OC)c2)N(C)C)cc1. The lowest BCUT2D eigenvalue weighted by molar-refractivity contribution is 0.0941. The van der Waals surface area contributed by atoms with E-state index in [0.717, 1.165) is 11.3 Å². The molecule has 2 aromatic rings. The summed E-state index contributed by atoms with van der Waals surface area (Å²) in [5, 5.41) is 2.99. The van der Waals surface area contributed by atoms with Gasteiger partial charge in [-0.1, -0.05) is 12.1 Å². The van der Waals surface area contributed by atoms with Gasteiger partial charge >= 0.3 is 0 Å². The van der Waals surface area contributed by atoms with Crippen LogP contribution in [0.15, 0.2) is 42.5 Å². The van der Waals surface area contributed by atoms with Crippen LogP contribution in [0.1, 0.15) is 22.0 Å². The van der Waals surface area contributed by atoms with E-state index in [1.54, 1.807) is 39.5 Å². The molecular formula is C20H26N2O4. The lowest BCUT2D eigenvalue weighted by atomic mass is 10.1. The van der Waals surface area contributed by atoms with E-state index in [4.69, 9.17) is 14.2 Å². The Kier molecular flexibility index (Phi) is 6.86. The summed E-state index contributed by atoms with van der Waals surface area (Å²) in [6, 6.07) is 13.0. The van der Waals surface area contributed by atoms with Gasteiger partial charge in [0.15, 0.2) is 11.5 Å². The maximum atomic E-state index is 12.5. The van der Waals surface area contributed by atoms with Crippen molar-refractivity contribution < 1.29 is 19.0 Å². The zero-order chi connectivity index (χ0) is 19.1. The van der Waals surface area contributed by atoms with Gasteiger partial charge in [0.25, 0.3) is 5.91 Å². The average molecular weight is 358 g/mol. The molecule has 6 heteroatoms. The van der Waals surface area contributed by atoms with Crippen LogP contribution in [0.3, 0.4) is 0 Å². The van der Waals surface area contributed by atoms with Crippen molar-refractivity contribution in [1.29, 1.82) is 0 Å². The molecule has 0 aliphatic heterocycles. The van der Waals surface area contributed by atoms with Gasteiger partial charge in [-0.2, -0.15) is 0 Å². The van der Waals surface area contributed by atoms with Gasteiger partial charge < -0.3 is 24.4 Å². The van der Waals surface area contributed by atoms with Gasteiger partial charge in [-0.25, -0.2) is 0 Å². The Morgan fingerprint density at radius 3 is 2.15 bits per heavy atom. The number of nitrogens with zero attached hydrogens (tertiary/aromatic N) is 1. The molecule has 0 saturated carbocycles. The Hall–Kier alpha value is -2.73. The second-order valence-electron chi connectivity index (χ2n) is 6.03. The summed E-state index contributed by atoms with van der Waals surface area (Å²) in [7, 11) is 8.72. The van der Waals surface area contributed by atoms with Gasteiger partial charge in [-0.05, 0) is 50.0 Å². The van der Waals surface area contributed by atoms with E-state index >= 15 is 0 Å². The van der Waals surface area contributed by atoms with Crippen molar-refractivity contribution in [3.8, 4) is 17.2 Å². The van der Waals surface area contributed by atoms with E-state index in [1.807, 2.05) is 38.4 Å². The molecule has 2 aromatic carbocycles. The van der Waals surface area contributed by atoms with Crippen molar-refractivity contribution in [1.82, 2.24) is 10.2 Å². The summed E-state index contributed by atoms with van der Waals surface area (Å²) in [4.78, 5) is 14.6. The number of amides is 1. The van der Waals surface area contributed by atoms with Gasteiger partial charge in [0.1, 0.15) is 5.75 Å². The largest absolute Gasteiger partial charge is 0.497 e. The molecule has 0 spiro atoms. The van der Waals surface area contributed by atoms with E-state index in [-0.39, 0.29) is 11.9 Å². The van der Waals surface area contributed by atoms with E-state index in [0.29, 0.717) is 23.6 Å². The first-order valence-electron chi connectivity index (χ1n) is 8.30. The summed E-state index contributed by atoms with van der Waals surface area (Å²) >= 11 is 0. The molecule has 0 aliphatic carbocycles. The average Bonchev–Trinajstić information content (AvgIpc) is 2.67. The number of hydrogen-bond acceptors (Lipinski definition) is 5. The van der Waals surface area contributed by atoms with Crippen molar-refractivity contribution >= 4 is 5.91 Å². The molecule has 0 unspecified atom stereocenters. The summed E-state index contributed by atoms with van der Waals surface area (Å²) in [6.45, 7) is 0.479. The van der Waals surface area contributed by atoms with Crippen molar-refractivity contribution in [3.05, 3.63) is 53.6 Å². The molecule has 140 valence electrons. The molecule has 26 heavy (non-hydrogen) atoms. The fraction of sp³-hybridized carbons (Fsp3) is 0.350. The van der Waals surface area contributed by atoms with Crippen LogP contribution in [0.4, 0.5) is 0 Å². The molecule has 2 rings (SSSR count). The summed E-state index contributed by atoms with van der Waals surface area (Å²) in [6.07, 6.45) is 0. The lowest BCUT2D eigenvalue weighted by Crippen LogP contribution is -2.34. The van der Waals surface area contributed by atoms with Gasteiger partial charge in [-0.3, -0.25) is 4.79 Å². The Morgan fingerprint density at radius 2 is 1.62 bits per heavy atom. The minimum Gasteiger partial charge on any atom is -0.497 e. The van der Waals surface area contributed by atoms with E-state index < -0.39 is 0 Å². The fourth-order valence-electron chi connectivity index (χ4n) is 2.69. The summed E-state index contributed by atoms with van der Waals surface area (Å²) < 4.78 is 15.7. The standard InChI is InChI=1S/C20H26N2O4/c1-22(2)17(14-6-9-16(24-3)10-7-14)13-21-20(23)15-8-11-18(25-4)19(12-15)26-5/h6-12,17H,13H2,1-5H3,(H,21,23)/t17-/m0/s1. The van der Waals surface area contributed by atoms with Gasteiger partial charge in [0.2, 0.25) is 0 Å². The molecule has 6 nitrogen and oxygen atoms in total. The summed E-state index contributed by atoms with van der Waals surface area (Å²) in [5.74, 6) is 1.76. The van der Waals surface area contributed by atoms with Crippen LogP contribution >= 0.6 is 0 Å². The van der Waals surface area contributed by atoms with Gasteiger partial charge in [0, 0.05) is 12.1 Å². The van der Waals surface area contributed by atoms with Gasteiger partial charge in [-0.15, -0.1) is 0 Å². The highest BCUT2D eigenvalue weighted by Gasteiger charge is 2.17. The van der Waals surface area contributed by atoms with Crippen molar-refractivity contribution in [2.24, 2.45) is 0 Å². The zero-order valence-electron chi connectivity index (χ0n) is 15.9. The molecule has 1 N–H and O–H groups in total. The number of likely N-dealkylation sites (N-methyl/N-ethyl adjacent to an activating group) is 1. The quantitative estimate of drug-likeness (QED) is 0.786. The Balaban J connectivity index is 2.09. The van der Waals surface area contributed by atoms with Crippen LogP contribution in [-0.2, 0) is 0 Å². The molecule has 0 fully saturated rings. The highest BCUT2D eigenvalue weighted by atomic mass is 16.5. The second-order valence-corrected chi connectivity index (χ2v) is 6.03. The monoisotopic (exact) mass is 358 g/mol. The van der Waals surface area contributed by atoms with Crippen LogP contribution < -0.4 is 19.5 Å². The minimum atomic E-state index is -0.161. The molecule has 0 radical (unpaired) electrons. The molecule has 1 amide bonds. The van der Waals surface area contributed by atoms with Crippen molar-refractivity contribution in [2.75, 3.05) is 42.0 Å². The number of nitrogens with one attached hydrogen (secondary N) is 1. The molecule has 1 atom stereocenters. The highest BCUT2D eigenvalue weighted by Crippen LogP contribution is 2.27. The Bertz CT molecular complexity index is 729. The minimum absolute atomic E-state index is 0.0463. The van der Waals surface area contributed by atoms with E-state index in [2.05, 4.69) is 10.2 Å². The molecule has 0 bridgehead atoms. The highest BCUT2D eigenvalue weighted by molar-refractivity contribution is 5.94. The lowest BCUT2D eigenvalue weighted by Gasteiger charge is -2.25.